The first-order chi connectivity index (χ1) is 12.0. The standard InChI is InChI=1S/C19H36N2O3Si/c1-5-13-22-25(23-14-6-2,24-15-7-3)18-12-10-9-11-17(18)19(21,8-4)16-20/h9-12H,5-8,13-16,20-21H2,1-4H3. The molecule has 1 unspecified atom stereocenters. The molecule has 25 heavy (non-hydrogen) atoms. The van der Waals surface area contributed by atoms with Crippen LogP contribution in [0, 0.1) is 0 Å². The van der Waals surface area contributed by atoms with Crippen LogP contribution in [0.4, 0.5) is 0 Å². The molecule has 0 bridgehead atoms. The fraction of sp³-hybridized carbons (Fsp3) is 0.684. The van der Waals surface area contributed by atoms with E-state index < -0.39 is 14.3 Å². The van der Waals surface area contributed by atoms with Gasteiger partial charge in [-0.3, -0.25) is 0 Å². The van der Waals surface area contributed by atoms with Gasteiger partial charge in [0.1, 0.15) is 0 Å². The summed E-state index contributed by atoms with van der Waals surface area (Å²) in [5, 5.41) is 0.958. The van der Waals surface area contributed by atoms with Crippen LogP contribution in [0.5, 0.6) is 0 Å². The third-order valence-corrected chi connectivity index (χ3v) is 7.13. The fourth-order valence-corrected chi connectivity index (χ4v) is 5.79. The predicted molar refractivity (Wildman–Crippen MR) is 106 cm³/mol. The second-order valence-electron chi connectivity index (χ2n) is 6.36. The van der Waals surface area contributed by atoms with Crippen molar-refractivity contribution in [1.82, 2.24) is 0 Å². The predicted octanol–water partition coefficient (Wildman–Crippen LogP) is 2.63. The molecule has 5 nitrogen and oxygen atoms in total. The van der Waals surface area contributed by atoms with Gasteiger partial charge in [-0.05, 0) is 31.2 Å². The maximum Gasteiger partial charge on any atom is 0.537 e. The lowest BCUT2D eigenvalue weighted by molar-refractivity contribution is 0.0727. The molecule has 0 saturated carbocycles. The lowest BCUT2D eigenvalue weighted by Gasteiger charge is -2.36. The molecule has 1 rings (SSSR count). The van der Waals surface area contributed by atoms with Gasteiger partial charge >= 0.3 is 8.80 Å². The minimum Gasteiger partial charge on any atom is -0.370 e. The molecular formula is C19H36N2O3Si. The maximum atomic E-state index is 6.63. The summed E-state index contributed by atoms with van der Waals surface area (Å²) in [6.07, 6.45) is 3.45. The molecule has 0 radical (unpaired) electrons. The molecule has 6 heteroatoms. The van der Waals surface area contributed by atoms with Gasteiger partial charge in [-0.2, -0.15) is 0 Å². The van der Waals surface area contributed by atoms with Gasteiger partial charge in [-0.15, -0.1) is 0 Å². The van der Waals surface area contributed by atoms with Gasteiger partial charge in [0.15, 0.2) is 0 Å². The van der Waals surface area contributed by atoms with Crippen molar-refractivity contribution in [2.75, 3.05) is 26.4 Å². The molecule has 144 valence electrons. The van der Waals surface area contributed by atoms with E-state index in [1.54, 1.807) is 0 Å². The average Bonchev–Trinajstić information content (AvgIpc) is 2.67. The van der Waals surface area contributed by atoms with Crippen molar-refractivity contribution < 1.29 is 13.3 Å². The Morgan fingerprint density at radius 2 is 1.36 bits per heavy atom. The average molecular weight is 369 g/mol. The third-order valence-electron chi connectivity index (χ3n) is 4.28. The van der Waals surface area contributed by atoms with Gasteiger partial charge in [-0.25, -0.2) is 0 Å². The summed E-state index contributed by atoms with van der Waals surface area (Å²) in [7, 11) is -3.06. The number of benzene rings is 1. The van der Waals surface area contributed by atoms with Crippen LogP contribution >= 0.6 is 0 Å². The van der Waals surface area contributed by atoms with Crippen molar-refractivity contribution in [3.8, 4) is 0 Å². The van der Waals surface area contributed by atoms with Gasteiger partial charge in [0.05, 0.1) is 5.54 Å². The Bertz CT molecular complexity index is 474. The van der Waals surface area contributed by atoms with Crippen molar-refractivity contribution in [3.05, 3.63) is 29.8 Å². The zero-order chi connectivity index (χ0) is 18.8. The van der Waals surface area contributed by atoms with Gasteiger partial charge in [0.2, 0.25) is 0 Å². The van der Waals surface area contributed by atoms with Crippen molar-refractivity contribution >= 4 is 14.0 Å². The molecule has 1 aromatic carbocycles. The van der Waals surface area contributed by atoms with E-state index >= 15 is 0 Å². The lowest BCUT2D eigenvalue weighted by atomic mass is 9.88. The van der Waals surface area contributed by atoms with Gasteiger partial charge in [0.25, 0.3) is 0 Å². The van der Waals surface area contributed by atoms with Crippen LogP contribution in [0.2, 0.25) is 0 Å². The van der Waals surface area contributed by atoms with E-state index in [-0.39, 0.29) is 0 Å². The summed E-state index contributed by atoms with van der Waals surface area (Å²) in [5.41, 5.74) is 13.0. The van der Waals surface area contributed by atoms with Crippen LogP contribution in [0.1, 0.15) is 58.9 Å². The molecule has 0 aliphatic heterocycles. The number of hydrogen-bond acceptors (Lipinski definition) is 5. The van der Waals surface area contributed by atoms with Crippen LogP contribution in [0.3, 0.4) is 0 Å². The molecular weight excluding hydrogens is 332 g/mol. The highest BCUT2D eigenvalue weighted by molar-refractivity contribution is 6.75. The van der Waals surface area contributed by atoms with Crippen molar-refractivity contribution in [2.45, 2.75) is 58.9 Å². The van der Waals surface area contributed by atoms with Crippen molar-refractivity contribution in [2.24, 2.45) is 11.5 Å². The highest BCUT2D eigenvalue weighted by atomic mass is 28.4. The van der Waals surface area contributed by atoms with E-state index in [9.17, 15) is 0 Å². The maximum absolute atomic E-state index is 6.63. The monoisotopic (exact) mass is 368 g/mol. The SMILES string of the molecule is CCCO[Si](OCCC)(OCCC)c1ccccc1C(N)(CC)CN. The quantitative estimate of drug-likeness (QED) is 0.523. The van der Waals surface area contributed by atoms with Crippen LogP contribution in [0.15, 0.2) is 24.3 Å². The molecule has 0 aliphatic carbocycles. The van der Waals surface area contributed by atoms with E-state index in [0.29, 0.717) is 26.4 Å². The summed E-state index contributed by atoms with van der Waals surface area (Å²) in [5.74, 6) is 0. The normalized spacial score (nSPS) is 14.5. The van der Waals surface area contributed by atoms with Gasteiger partial charge in [-0.1, -0.05) is 52.0 Å². The van der Waals surface area contributed by atoms with Crippen molar-refractivity contribution in [1.29, 1.82) is 0 Å². The Labute approximate surface area is 154 Å². The molecule has 0 amide bonds. The van der Waals surface area contributed by atoms with E-state index in [0.717, 1.165) is 36.4 Å². The topological polar surface area (TPSA) is 79.7 Å². The molecule has 0 aromatic heterocycles. The molecule has 0 heterocycles. The first-order valence-electron chi connectivity index (χ1n) is 9.54. The number of rotatable bonds is 13. The van der Waals surface area contributed by atoms with E-state index in [1.165, 1.54) is 0 Å². The Morgan fingerprint density at radius 1 is 0.880 bits per heavy atom. The summed E-state index contributed by atoms with van der Waals surface area (Å²) in [6, 6.07) is 8.06. The first kappa shape index (κ1) is 22.3. The van der Waals surface area contributed by atoms with Crippen LogP contribution in [-0.2, 0) is 18.8 Å². The van der Waals surface area contributed by atoms with Crippen LogP contribution in [0.25, 0.3) is 0 Å². The largest absolute Gasteiger partial charge is 0.537 e. The highest BCUT2D eigenvalue weighted by Gasteiger charge is 2.47. The molecule has 0 saturated heterocycles. The number of nitrogens with two attached hydrogens (primary N) is 2. The minimum atomic E-state index is -3.06. The second-order valence-corrected chi connectivity index (χ2v) is 8.88. The highest BCUT2D eigenvalue weighted by Crippen LogP contribution is 2.24. The summed E-state index contributed by atoms with van der Waals surface area (Å²) >= 11 is 0. The summed E-state index contributed by atoms with van der Waals surface area (Å²) in [6.45, 7) is 10.5. The molecule has 1 aromatic rings. The lowest BCUT2D eigenvalue weighted by Crippen LogP contribution is -2.61. The zero-order valence-corrected chi connectivity index (χ0v) is 17.3. The zero-order valence-electron chi connectivity index (χ0n) is 16.3. The molecule has 0 aliphatic rings. The van der Waals surface area contributed by atoms with Crippen molar-refractivity contribution in [3.63, 3.8) is 0 Å². The van der Waals surface area contributed by atoms with Crippen LogP contribution < -0.4 is 16.7 Å². The summed E-state index contributed by atoms with van der Waals surface area (Å²) < 4.78 is 18.9. The number of hydrogen-bond donors (Lipinski definition) is 2. The van der Waals surface area contributed by atoms with E-state index in [1.807, 2.05) is 24.3 Å². The van der Waals surface area contributed by atoms with E-state index in [4.69, 9.17) is 24.7 Å². The Balaban J connectivity index is 3.45. The third kappa shape index (κ3) is 5.61. The molecule has 4 N–H and O–H groups in total. The fourth-order valence-electron chi connectivity index (χ4n) is 2.70. The minimum absolute atomic E-state index is 0.361. The van der Waals surface area contributed by atoms with Gasteiger partial charge in [0, 0.05) is 31.6 Å². The van der Waals surface area contributed by atoms with Crippen LogP contribution in [-0.4, -0.2) is 35.2 Å². The second kappa shape index (κ2) is 11.1. The van der Waals surface area contributed by atoms with Gasteiger partial charge < -0.3 is 24.7 Å². The molecule has 0 fully saturated rings. The molecule has 1 atom stereocenters. The smallest absolute Gasteiger partial charge is 0.370 e. The molecule has 0 spiro atoms. The first-order valence-corrected chi connectivity index (χ1v) is 11.3. The Hall–Kier alpha value is -0.763. The van der Waals surface area contributed by atoms with E-state index in [2.05, 4.69) is 27.7 Å². The Morgan fingerprint density at radius 3 is 1.76 bits per heavy atom. The summed E-state index contributed by atoms with van der Waals surface area (Å²) in [4.78, 5) is 0. The Kier molecular flexibility index (Phi) is 9.85.